The number of anilines is 1. The molecule has 0 aliphatic heterocycles. The lowest BCUT2D eigenvalue weighted by Gasteiger charge is -2.12. The third kappa shape index (κ3) is 3.50. The lowest BCUT2D eigenvalue weighted by Crippen LogP contribution is -2.15. The first-order chi connectivity index (χ1) is 9.96. The molecule has 21 heavy (non-hydrogen) atoms. The maximum Gasteiger partial charge on any atom is 0.262 e. The van der Waals surface area contributed by atoms with Crippen LogP contribution in [0.5, 0.6) is 5.75 Å². The molecule has 0 amide bonds. The molecule has 0 aliphatic carbocycles. The highest BCUT2D eigenvalue weighted by Gasteiger charge is 2.19. The number of methoxy groups -OCH3 is 1. The van der Waals surface area contributed by atoms with Crippen molar-refractivity contribution in [2.24, 2.45) is 0 Å². The van der Waals surface area contributed by atoms with E-state index in [1.165, 1.54) is 25.3 Å². The fraction of sp³-hybridized carbons (Fsp3) is 0.143. The number of nitrogens with one attached hydrogen (secondary N) is 1. The van der Waals surface area contributed by atoms with Crippen molar-refractivity contribution in [3.63, 3.8) is 0 Å². The van der Waals surface area contributed by atoms with Crippen molar-refractivity contribution >= 4 is 15.7 Å². The molecular formula is C14H14FNO4S. The Hall–Kier alpha value is -2.12. The van der Waals surface area contributed by atoms with Gasteiger partial charge in [0.15, 0.2) is 0 Å². The van der Waals surface area contributed by atoms with E-state index in [4.69, 9.17) is 4.74 Å². The number of sulfonamides is 1. The first-order valence-electron chi connectivity index (χ1n) is 6.02. The molecule has 0 spiro atoms. The van der Waals surface area contributed by atoms with Crippen LogP contribution in [0.25, 0.3) is 0 Å². The molecule has 0 saturated heterocycles. The van der Waals surface area contributed by atoms with Gasteiger partial charge in [-0.2, -0.15) is 0 Å². The van der Waals surface area contributed by atoms with Crippen LogP contribution in [0.2, 0.25) is 0 Å². The third-order valence-electron chi connectivity index (χ3n) is 2.81. The van der Waals surface area contributed by atoms with Gasteiger partial charge in [-0.25, -0.2) is 12.8 Å². The largest absolute Gasteiger partial charge is 0.497 e. The number of rotatable bonds is 5. The van der Waals surface area contributed by atoms with E-state index in [9.17, 15) is 17.9 Å². The summed E-state index contributed by atoms with van der Waals surface area (Å²) in [5, 5.41) is 9.19. The molecule has 0 saturated carbocycles. The van der Waals surface area contributed by atoms with Crippen molar-refractivity contribution in [3.05, 3.63) is 53.8 Å². The average molecular weight is 311 g/mol. The van der Waals surface area contributed by atoms with Crippen molar-refractivity contribution in [2.75, 3.05) is 11.8 Å². The van der Waals surface area contributed by atoms with Crippen LogP contribution < -0.4 is 9.46 Å². The van der Waals surface area contributed by atoms with Gasteiger partial charge in [0.25, 0.3) is 10.0 Å². The molecule has 0 fully saturated rings. The molecule has 2 aromatic carbocycles. The summed E-state index contributed by atoms with van der Waals surface area (Å²) in [6.07, 6.45) is 0. The number of benzene rings is 2. The van der Waals surface area contributed by atoms with E-state index in [0.29, 0.717) is 5.75 Å². The molecule has 0 aromatic heterocycles. The molecule has 0 atom stereocenters. The lowest BCUT2D eigenvalue weighted by atomic mass is 10.2. The average Bonchev–Trinajstić information content (AvgIpc) is 2.47. The van der Waals surface area contributed by atoms with E-state index in [0.717, 1.165) is 12.1 Å². The van der Waals surface area contributed by atoms with E-state index < -0.39 is 22.4 Å². The second kappa shape index (κ2) is 6.11. The number of ether oxygens (including phenoxy) is 1. The van der Waals surface area contributed by atoms with Gasteiger partial charge >= 0.3 is 0 Å². The zero-order chi connectivity index (χ0) is 15.5. The summed E-state index contributed by atoms with van der Waals surface area (Å²) in [4.78, 5) is -0.298. The van der Waals surface area contributed by atoms with Crippen molar-refractivity contribution in [1.82, 2.24) is 0 Å². The Morgan fingerprint density at radius 1 is 1.24 bits per heavy atom. The summed E-state index contributed by atoms with van der Waals surface area (Å²) in [6.45, 7) is -0.505. The maximum absolute atomic E-state index is 13.3. The molecule has 0 heterocycles. The maximum atomic E-state index is 13.3. The molecule has 2 N–H and O–H groups in total. The Balaban J connectivity index is 2.40. The Labute approximate surface area is 122 Å². The molecule has 0 aliphatic rings. The standard InChI is InChI=1S/C14H14FNO4S/c1-20-13-4-2-3-12(8-13)16-21(18,19)14-7-11(15)6-5-10(14)9-17/h2-8,16-17H,9H2,1H3. The predicted octanol–water partition coefficient (Wildman–Crippen LogP) is 2.13. The third-order valence-corrected chi connectivity index (χ3v) is 4.27. The Morgan fingerprint density at radius 3 is 2.67 bits per heavy atom. The van der Waals surface area contributed by atoms with E-state index >= 15 is 0 Å². The Morgan fingerprint density at radius 2 is 2.00 bits per heavy atom. The molecule has 5 nitrogen and oxygen atoms in total. The summed E-state index contributed by atoms with van der Waals surface area (Å²) < 4.78 is 45.2. The first-order valence-corrected chi connectivity index (χ1v) is 7.51. The molecular weight excluding hydrogens is 297 g/mol. The van der Waals surface area contributed by atoms with E-state index in [2.05, 4.69) is 4.72 Å². The number of hydrogen-bond acceptors (Lipinski definition) is 4. The summed E-state index contributed by atoms with van der Waals surface area (Å²) in [6, 6.07) is 9.52. The molecule has 2 aromatic rings. The van der Waals surface area contributed by atoms with Gasteiger partial charge in [0.1, 0.15) is 11.6 Å². The Bertz CT molecular complexity index is 746. The van der Waals surface area contributed by atoms with Crippen LogP contribution in [0, 0.1) is 5.82 Å². The van der Waals surface area contributed by atoms with Gasteiger partial charge in [-0.3, -0.25) is 4.72 Å². The SMILES string of the molecule is COc1cccc(NS(=O)(=O)c2cc(F)ccc2CO)c1. The fourth-order valence-electron chi connectivity index (χ4n) is 1.81. The normalized spacial score (nSPS) is 11.2. The van der Waals surface area contributed by atoms with Gasteiger partial charge in [-0.15, -0.1) is 0 Å². The molecule has 7 heteroatoms. The van der Waals surface area contributed by atoms with Gasteiger partial charge < -0.3 is 9.84 Å². The Kier molecular flexibility index (Phi) is 4.44. The van der Waals surface area contributed by atoms with Crippen molar-refractivity contribution in [2.45, 2.75) is 11.5 Å². The van der Waals surface area contributed by atoms with Crippen LogP contribution in [-0.2, 0) is 16.6 Å². The van der Waals surface area contributed by atoms with Gasteiger partial charge in [-0.05, 0) is 29.8 Å². The molecule has 112 valence electrons. The second-order valence-corrected chi connectivity index (χ2v) is 5.90. The topological polar surface area (TPSA) is 75.6 Å². The smallest absolute Gasteiger partial charge is 0.262 e. The monoisotopic (exact) mass is 311 g/mol. The van der Waals surface area contributed by atoms with Crippen LogP contribution in [-0.4, -0.2) is 20.6 Å². The molecule has 0 unspecified atom stereocenters. The highest BCUT2D eigenvalue weighted by atomic mass is 32.2. The number of aliphatic hydroxyl groups is 1. The lowest BCUT2D eigenvalue weighted by molar-refractivity contribution is 0.278. The number of hydrogen-bond donors (Lipinski definition) is 2. The van der Waals surface area contributed by atoms with Crippen LogP contribution >= 0.6 is 0 Å². The molecule has 2 rings (SSSR count). The highest BCUT2D eigenvalue weighted by molar-refractivity contribution is 7.92. The van der Waals surface area contributed by atoms with Crippen LogP contribution in [0.1, 0.15) is 5.56 Å². The van der Waals surface area contributed by atoms with Gasteiger partial charge in [-0.1, -0.05) is 12.1 Å². The summed E-state index contributed by atoms with van der Waals surface area (Å²) >= 11 is 0. The summed E-state index contributed by atoms with van der Waals surface area (Å²) in [7, 11) is -2.55. The van der Waals surface area contributed by atoms with Crippen LogP contribution in [0.3, 0.4) is 0 Å². The highest BCUT2D eigenvalue weighted by Crippen LogP contribution is 2.23. The van der Waals surface area contributed by atoms with E-state index in [-0.39, 0.29) is 16.1 Å². The number of aliphatic hydroxyl groups excluding tert-OH is 1. The molecule has 0 bridgehead atoms. The van der Waals surface area contributed by atoms with Crippen molar-refractivity contribution in [1.29, 1.82) is 0 Å². The van der Waals surface area contributed by atoms with E-state index in [1.54, 1.807) is 12.1 Å². The molecule has 0 radical (unpaired) electrons. The fourth-order valence-corrected chi connectivity index (χ4v) is 3.10. The first kappa shape index (κ1) is 15.3. The zero-order valence-electron chi connectivity index (χ0n) is 11.2. The van der Waals surface area contributed by atoms with Crippen molar-refractivity contribution in [3.8, 4) is 5.75 Å². The van der Waals surface area contributed by atoms with Gasteiger partial charge in [0.05, 0.1) is 24.3 Å². The quantitative estimate of drug-likeness (QED) is 0.887. The van der Waals surface area contributed by atoms with Gasteiger partial charge in [0, 0.05) is 6.07 Å². The summed E-state index contributed by atoms with van der Waals surface area (Å²) in [5.41, 5.74) is 0.397. The predicted molar refractivity (Wildman–Crippen MR) is 76.1 cm³/mol. The minimum atomic E-state index is -4.01. The summed E-state index contributed by atoms with van der Waals surface area (Å²) in [5.74, 6) is -0.213. The zero-order valence-corrected chi connectivity index (χ0v) is 12.0. The van der Waals surface area contributed by atoms with Crippen LogP contribution in [0.15, 0.2) is 47.4 Å². The second-order valence-electron chi connectivity index (χ2n) is 4.25. The minimum Gasteiger partial charge on any atom is -0.497 e. The van der Waals surface area contributed by atoms with E-state index in [1.807, 2.05) is 0 Å². The van der Waals surface area contributed by atoms with Crippen LogP contribution in [0.4, 0.5) is 10.1 Å². The van der Waals surface area contributed by atoms with Crippen molar-refractivity contribution < 1.29 is 22.7 Å². The minimum absolute atomic E-state index is 0.117. The van der Waals surface area contributed by atoms with Gasteiger partial charge in [0.2, 0.25) is 0 Å². The number of halogens is 1.